The van der Waals surface area contributed by atoms with Gasteiger partial charge in [0.15, 0.2) is 12.6 Å². The third kappa shape index (κ3) is 34.2. The topological polar surface area (TPSA) is 214 Å². The molecule has 2 fully saturated rings. The van der Waals surface area contributed by atoms with Crippen LogP contribution in [0.3, 0.4) is 0 Å². The molecule has 7 N–H and O–H groups in total. The van der Waals surface area contributed by atoms with Gasteiger partial charge in [-0.3, -0.25) is 4.79 Å². The van der Waals surface area contributed by atoms with Gasteiger partial charge in [-0.1, -0.05) is 208 Å². The maximum atomic E-state index is 13.1. The summed E-state index contributed by atoms with van der Waals surface area (Å²) < 4.78 is 34.4. The van der Waals surface area contributed by atoms with Crippen LogP contribution in [0.4, 0.5) is 0 Å². The fourth-order valence-corrected chi connectivity index (χ4v) is 8.91. The van der Waals surface area contributed by atoms with Crippen molar-refractivity contribution in [2.24, 2.45) is 0 Å². The van der Waals surface area contributed by atoms with Gasteiger partial charge < -0.3 is 64.2 Å². The van der Waals surface area contributed by atoms with Gasteiger partial charge in [0.2, 0.25) is 0 Å². The largest absolute Gasteiger partial charge is 0.457 e. The van der Waals surface area contributed by atoms with E-state index in [0.717, 1.165) is 96.3 Å². The summed E-state index contributed by atoms with van der Waals surface area (Å²) >= 11 is 0. The number of rotatable bonds is 47. The van der Waals surface area contributed by atoms with Gasteiger partial charge in [-0.15, -0.1) is 0 Å². The fraction of sp³-hybridized carbons (Fsp3) is 0.758. The Morgan fingerprint density at radius 2 is 0.855 bits per heavy atom. The van der Waals surface area contributed by atoms with E-state index >= 15 is 0 Å². The summed E-state index contributed by atoms with van der Waals surface area (Å²) in [6.07, 6.45) is 46.4. The van der Waals surface area contributed by atoms with E-state index < -0.39 is 80.7 Å². The van der Waals surface area contributed by atoms with Gasteiger partial charge in [-0.25, -0.2) is 0 Å². The van der Waals surface area contributed by atoms with Crippen LogP contribution in [0.1, 0.15) is 200 Å². The van der Waals surface area contributed by atoms with E-state index in [1.807, 2.05) is 0 Å². The number of allylic oxidation sites excluding steroid dienone is 14. The summed E-state index contributed by atoms with van der Waals surface area (Å²) in [7, 11) is 0. The Balaban J connectivity index is 1.72. The average molecular weight is 1080 g/mol. The average Bonchev–Trinajstić information content (AvgIpc) is 3.42. The summed E-state index contributed by atoms with van der Waals surface area (Å²) in [6.45, 7) is 3.52. The standard InChI is InChI=1S/C62H106O14/c1-3-5-7-9-11-13-15-17-19-21-22-23-24-25-26-27-28-29-30-32-34-36-38-40-42-44-46-71-48-51(74-54(64)45-43-41-39-37-35-33-31-20-18-16-14-12-10-8-6-4-2)49-72-61-60(70)58(68)56(66)53(76-61)50-73-62-59(69)57(67)55(65)52(47-63)75-62/h5,7,11,13,17,19,22-23,25-26,28-29,32,34,51-53,55-63,65-70H,3-4,6,8-10,12,14-16,18,20-21,24,27,30-31,33,35-50H2,1-2H3/b7-5-,13-11-,19-17-,23-22-,26-25-,29-28-,34-32-. The summed E-state index contributed by atoms with van der Waals surface area (Å²) in [4.78, 5) is 13.1. The van der Waals surface area contributed by atoms with Gasteiger partial charge in [0, 0.05) is 13.0 Å². The van der Waals surface area contributed by atoms with Crippen molar-refractivity contribution >= 4 is 5.97 Å². The van der Waals surface area contributed by atoms with Gasteiger partial charge in [-0.05, 0) is 70.6 Å². The first-order valence-corrected chi connectivity index (χ1v) is 29.7. The summed E-state index contributed by atoms with van der Waals surface area (Å²) in [5, 5.41) is 72.4. The maximum Gasteiger partial charge on any atom is 0.306 e. The Kier molecular flexibility index (Phi) is 43.9. The Morgan fingerprint density at radius 1 is 0.447 bits per heavy atom. The number of aliphatic hydroxyl groups is 7. The summed E-state index contributed by atoms with van der Waals surface area (Å²) in [6, 6.07) is 0. The predicted octanol–water partition coefficient (Wildman–Crippen LogP) is 10.8. The maximum absolute atomic E-state index is 13.1. The minimum Gasteiger partial charge on any atom is -0.457 e. The van der Waals surface area contributed by atoms with Gasteiger partial charge in [0.1, 0.15) is 54.9 Å². The van der Waals surface area contributed by atoms with Crippen molar-refractivity contribution in [3.8, 4) is 0 Å². The number of aliphatic hydroxyl groups excluding tert-OH is 7. The smallest absolute Gasteiger partial charge is 0.306 e. The molecule has 0 aromatic heterocycles. The molecule has 0 aromatic rings. The van der Waals surface area contributed by atoms with Gasteiger partial charge >= 0.3 is 5.97 Å². The molecular weight excluding hydrogens is 969 g/mol. The van der Waals surface area contributed by atoms with Crippen molar-refractivity contribution in [3.05, 3.63) is 85.1 Å². The number of hydrogen-bond donors (Lipinski definition) is 7. The molecule has 2 rings (SSSR count). The zero-order valence-corrected chi connectivity index (χ0v) is 47.0. The number of unbranched alkanes of at least 4 members (excludes halogenated alkanes) is 19. The molecule has 14 heteroatoms. The first kappa shape index (κ1) is 69.3. The van der Waals surface area contributed by atoms with E-state index in [2.05, 4.69) is 98.9 Å². The zero-order chi connectivity index (χ0) is 55.1. The van der Waals surface area contributed by atoms with Gasteiger partial charge in [0.05, 0.1) is 26.4 Å². The highest BCUT2D eigenvalue weighted by molar-refractivity contribution is 5.69. The first-order chi connectivity index (χ1) is 37.1. The summed E-state index contributed by atoms with van der Waals surface area (Å²) in [5.41, 5.74) is 0. The molecule has 0 spiro atoms. The van der Waals surface area contributed by atoms with Crippen LogP contribution in [0.5, 0.6) is 0 Å². The van der Waals surface area contributed by atoms with E-state index in [1.165, 1.54) is 77.0 Å². The van der Waals surface area contributed by atoms with Crippen molar-refractivity contribution in [3.63, 3.8) is 0 Å². The number of carbonyl (C=O) groups is 1. The van der Waals surface area contributed by atoms with Crippen LogP contribution in [0.25, 0.3) is 0 Å². The molecule has 76 heavy (non-hydrogen) atoms. The lowest BCUT2D eigenvalue weighted by atomic mass is 9.98. The molecule has 14 nitrogen and oxygen atoms in total. The van der Waals surface area contributed by atoms with Crippen LogP contribution < -0.4 is 0 Å². The molecule has 2 heterocycles. The van der Waals surface area contributed by atoms with Crippen LogP contribution in [0.15, 0.2) is 85.1 Å². The number of esters is 1. The lowest BCUT2D eigenvalue weighted by Gasteiger charge is -2.42. The number of hydrogen-bond acceptors (Lipinski definition) is 14. The monoisotopic (exact) mass is 1070 g/mol. The van der Waals surface area contributed by atoms with Crippen LogP contribution in [-0.4, -0.2) is 142 Å². The molecule has 0 aromatic carbocycles. The van der Waals surface area contributed by atoms with Crippen molar-refractivity contribution in [1.29, 1.82) is 0 Å². The molecule has 0 aliphatic carbocycles. The van der Waals surface area contributed by atoms with Gasteiger partial charge in [-0.2, -0.15) is 0 Å². The number of ether oxygens (including phenoxy) is 6. The van der Waals surface area contributed by atoms with E-state index in [9.17, 15) is 40.5 Å². The molecule has 11 unspecified atom stereocenters. The molecule has 0 bridgehead atoms. The van der Waals surface area contributed by atoms with Crippen LogP contribution in [0, 0.1) is 0 Å². The van der Waals surface area contributed by atoms with Crippen molar-refractivity contribution in [2.45, 2.75) is 268 Å². The molecule has 0 saturated carbocycles. The lowest BCUT2D eigenvalue weighted by Crippen LogP contribution is -2.61. The Labute approximate surface area is 459 Å². The molecule has 0 amide bonds. The molecule has 2 aliphatic rings. The lowest BCUT2D eigenvalue weighted by molar-refractivity contribution is -0.332. The molecule has 2 aliphatic heterocycles. The molecule has 2 saturated heterocycles. The van der Waals surface area contributed by atoms with E-state index in [1.54, 1.807) is 0 Å². The minimum atomic E-state index is -1.72. The predicted molar refractivity (Wildman–Crippen MR) is 302 cm³/mol. The summed E-state index contributed by atoms with van der Waals surface area (Å²) in [5.74, 6) is -0.386. The Hall–Kier alpha value is -2.83. The second kappa shape index (κ2) is 48.1. The van der Waals surface area contributed by atoms with Crippen LogP contribution in [-0.2, 0) is 33.2 Å². The second-order valence-corrected chi connectivity index (χ2v) is 20.4. The van der Waals surface area contributed by atoms with Crippen molar-refractivity contribution in [1.82, 2.24) is 0 Å². The highest BCUT2D eigenvalue weighted by Crippen LogP contribution is 2.26. The third-order valence-corrected chi connectivity index (χ3v) is 13.7. The van der Waals surface area contributed by atoms with Gasteiger partial charge in [0.25, 0.3) is 0 Å². The normalized spacial score (nSPS) is 25.1. The number of carbonyl (C=O) groups excluding carboxylic acids is 1. The van der Waals surface area contributed by atoms with Crippen LogP contribution >= 0.6 is 0 Å². The molecule has 11 atom stereocenters. The quantitative estimate of drug-likeness (QED) is 0.0172. The second-order valence-electron chi connectivity index (χ2n) is 20.4. The Morgan fingerprint density at radius 3 is 1.34 bits per heavy atom. The molecule has 0 radical (unpaired) electrons. The van der Waals surface area contributed by atoms with E-state index in [-0.39, 0.29) is 25.6 Å². The highest BCUT2D eigenvalue weighted by Gasteiger charge is 2.47. The van der Waals surface area contributed by atoms with E-state index in [4.69, 9.17) is 28.4 Å². The minimum absolute atomic E-state index is 0.0413. The highest BCUT2D eigenvalue weighted by atomic mass is 16.7. The zero-order valence-electron chi connectivity index (χ0n) is 47.0. The SMILES string of the molecule is CC/C=C\C/C=C\C/C=C\C/C=C\C/C=C\C/C=C\C/C=C\CCCCCCOCC(COC1OC(COC2OC(CO)C(O)C(O)C2O)C(O)C(O)C1O)OC(=O)CCCCCCCCCCCCCCCCCC. The first-order valence-electron chi connectivity index (χ1n) is 29.7. The third-order valence-electron chi connectivity index (χ3n) is 13.7. The van der Waals surface area contributed by atoms with Crippen molar-refractivity contribution in [2.75, 3.05) is 33.0 Å². The van der Waals surface area contributed by atoms with E-state index in [0.29, 0.717) is 13.0 Å². The fourth-order valence-electron chi connectivity index (χ4n) is 8.91. The van der Waals surface area contributed by atoms with Crippen LogP contribution in [0.2, 0.25) is 0 Å². The Bertz CT molecular complexity index is 1580. The molecular formula is C62H106O14. The van der Waals surface area contributed by atoms with Crippen molar-refractivity contribution < 1.29 is 69.0 Å². The molecule has 438 valence electrons.